The minimum atomic E-state index is -0.628. The van der Waals surface area contributed by atoms with E-state index in [1.54, 1.807) is 38.5 Å². The summed E-state index contributed by atoms with van der Waals surface area (Å²) in [6, 6.07) is 15.0. The first-order valence-corrected chi connectivity index (χ1v) is 8.89. The van der Waals surface area contributed by atoms with E-state index in [1.807, 2.05) is 24.3 Å². The molecule has 2 aromatic carbocycles. The Hall–Kier alpha value is -1.79. The fourth-order valence-electron chi connectivity index (χ4n) is 2.60. The molecule has 0 aliphatic heterocycles. The lowest BCUT2D eigenvalue weighted by molar-refractivity contribution is 0.0539. The van der Waals surface area contributed by atoms with Crippen molar-refractivity contribution in [3.8, 4) is 11.5 Å². The summed E-state index contributed by atoms with van der Waals surface area (Å²) in [5.74, 6) is 1.52. The maximum absolute atomic E-state index is 10.4. The Bertz CT molecular complexity index is 651. The van der Waals surface area contributed by atoms with Crippen LogP contribution in [0, 0.1) is 0 Å². The molecule has 1 atom stereocenters. The molecule has 142 valence electrons. The van der Waals surface area contributed by atoms with Gasteiger partial charge in [-0.3, -0.25) is 4.90 Å². The van der Waals surface area contributed by atoms with Crippen LogP contribution >= 0.6 is 11.6 Å². The van der Waals surface area contributed by atoms with Gasteiger partial charge in [0.25, 0.3) is 0 Å². The zero-order valence-electron chi connectivity index (χ0n) is 15.2. The Morgan fingerprint density at radius 3 is 2.50 bits per heavy atom. The van der Waals surface area contributed by atoms with E-state index in [9.17, 15) is 5.11 Å². The van der Waals surface area contributed by atoms with Crippen LogP contribution in [0.2, 0.25) is 5.02 Å². The molecule has 0 radical (unpaired) electrons. The quantitative estimate of drug-likeness (QED) is 0.649. The predicted octanol–water partition coefficient (Wildman–Crippen LogP) is 3.24. The van der Waals surface area contributed by atoms with Gasteiger partial charge in [-0.15, -0.1) is 0 Å². The van der Waals surface area contributed by atoms with Crippen molar-refractivity contribution in [3.05, 3.63) is 59.1 Å². The molecular weight excluding hydrogens is 354 g/mol. The van der Waals surface area contributed by atoms with E-state index >= 15 is 0 Å². The van der Waals surface area contributed by atoms with Crippen molar-refractivity contribution >= 4 is 11.6 Å². The van der Waals surface area contributed by atoms with Gasteiger partial charge in [0.1, 0.15) is 24.2 Å². The first kappa shape index (κ1) is 20.5. The van der Waals surface area contributed by atoms with E-state index in [4.69, 9.17) is 25.8 Å². The lowest BCUT2D eigenvalue weighted by Crippen LogP contribution is -2.37. The van der Waals surface area contributed by atoms with Crippen LogP contribution in [0.5, 0.6) is 11.5 Å². The first-order chi connectivity index (χ1) is 12.6. The molecule has 0 bridgehead atoms. The second-order valence-electron chi connectivity index (χ2n) is 5.96. The van der Waals surface area contributed by atoms with Gasteiger partial charge in [-0.1, -0.05) is 29.8 Å². The lowest BCUT2D eigenvalue weighted by Gasteiger charge is -2.25. The molecule has 0 spiro atoms. The molecule has 2 aromatic rings. The normalized spacial score (nSPS) is 12.2. The van der Waals surface area contributed by atoms with Crippen LogP contribution in [0.4, 0.5) is 0 Å². The van der Waals surface area contributed by atoms with Crippen molar-refractivity contribution < 1.29 is 19.3 Å². The van der Waals surface area contributed by atoms with Crippen molar-refractivity contribution in [2.24, 2.45) is 0 Å². The van der Waals surface area contributed by atoms with Crippen LogP contribution < -0.4 is 9.47 Å². The third kappa shape index (κ3) is 6.84. The highest BCUT2D eigenvalue weighted by Gasteiger charge is 2.15. The Kier molecular flexibility index (Phi) is 8.71. The van der Waals surface area contributed by atoms with E-state index in [-0.39, 0.29) is 6.61 Å². The van der Waals surface area contributed by atoms with E-state index in [1.165, 1.54) is 0 Å². The van der Waals surface area contributed by atoms with Crippen molar-refractivity contribution in [2.75, 3.05) is 40.5 Å². The van der Waals surface area contributed by atoms with Crippen LogP contribution in [-0.2, 0) is 11.3 Å². The summed E-state index contributed by atoms with van der Waals surface area (Å²) in [6.07, 6.45) is -0.628. The van der Waals surface area contributed by atoms with E-state index in [0.717, 1.165) is 11.3 Å². The average molecular weight is 380 g/mol. The molecule has 26 heavy (non-hydrogen) atoms. The molecular formula is C20H26ClNO4. The summed E-state index contributed by atoms with van der Waals surface area (Å²) in [6.45, 7) is 2.61. The molecule has 5 nitrogen and oxygen atoms in total. The second-order valence-corrected chi connectivity index (χ2v) is 6.39. The maximum Gasteiger partial charge on any atom is 0.123 e. The summed E-state index contributed by atoms with van der Waals surface area (Å²) in [7, 11) is 3.33. The van der Waals surface area contributed by atoms with Crippen molar-refractivity contribution in [3.63, 3.8) is 0 Å². The van der Waals surface area contributed by atoms with Crippen LogP contribution in [-0.4, -0.2) is 56.6 Å². The highest BCUT2D eigenvalue weighted by molar-refractivity contribution is 6.30. The number of ether oxygens (including phenoxy) is 3. The molecule has 0 aliphatic carbocycles. The van der Waals surface area contributed by atoms with Crippen LogP contribution in [0.1, 0.15) is 5.56 Å². The molecule has 2 rings (SSSR count). The monoisotopic (exact) mass is 379 g/mol. The highest BCUT2D eigenvalue weighted by Crippen LogP contribution is 2.20. The number of methoxy groups -OCH3 is 2. The summed E-state index contributed by atoms with van der Waals surface area (Å²) in [4.78, 5) is 2.12. The number of benzene rings is 2. The number of hydrogen-bond donors (Lipinski definition) is 1. The van der Waals surface area contributed by atoms with Gasteiger partial charge in [-0.2, -0.15) is 0 Å². The Balaban J connectivity index is 1.92. The largest absolute Gasteiger partial charge is 0.496 e. The molecule has 0 fully saturated rings. The van der Waals surface area contributed by atoms with Gasteiger partial charge in [0.05, 0.1) is 13.7 Å². The molecule has 0 amide bonds. The van der Waals surface area contributed by atoms with E-state index < -0.39 is 6.10 Å². The predicted molar refractivity (Wildman–Crippen MR) is 103 cm³/mol. The number of aliphatic hydroxyl groups is 1. The van der Waals surface area contributed by atoms with Crippen molar-refractivity contribution in [2.45, 2.75) is 12.6 Å². The minimum Gasteiger partial charge on any atom is -0.496 e. The highest BCUT2D eigenvalue weighted by atomic mass is 35.5. The van der Waals surface area contributed by atoms with Crippen molar-refractivity contribution in [1.29, 1.82) is 0 Å². The van der Waals surface area contributed by atoms with Gasteiger partial charge in [0, 0.05) is 37.3 Å². The van der Waals surface area contributed by atoms with Gasteiger partial charge in [-0.25, -0.2) is 0 Å². The Labute approximate surface area is 160 Å². The third-order valence-electron chi connectivity index (χ3n) is 3.92. The average Bonchev–Trinajstić information content (AvgIpc) is 2.66. The Morgan fingerprint density at radius 2 is 1.81 bits per heavy atom. The SMILES string of the molecule is COCCN(Cc1ccccc1OC)C[C@@H](O)COc1ccc(Cl)cc1. The van der Waals surface area contributed by atoms with Crippen LogP contribution in [0.25, 0.3) is 0 Å². The smallest absolute Gasteiger partial charge is 0.123 e. The molecule has 0 saturated carbocycles. The standard InChI is InChI=1S/C20H26ClNO4/c1-24-12-11-22(13-16-5-3-4-6-20(16)25-2)14-18(23)15-26-19-9-7-17(21)8-10-19/h3-10,18,23H,11-15H2,1-2H3/t18-/m1/s1. The van der Waals surface area contributed by atoms with Gasteiger partial charge in [0.2, 0.25) is 0 Å². The van der Waals surface area contributed by atoms with Crippen LogP contribution in [0.15, 0.2) is 48.5 Å². The molecule has 6 heteroatoms. The van der Waals surface area contributed by atoms with Crippen molar-refractivity contribution in [1.82, 2.24) is 4.90 Å². The van der Waals surface area contributed by atoms with Gasteiger partial charge >= 0.3 is 0 Å². The molecule has 0 heterocycles. The molecule has 0 saturated heterocycles. The Morgan fingerprint density at radius 1 is 1.08 bits per heavy atom. The number of hydrogen-bond acceptors (Lipinski definition) is 5. The third-order valence-corrected chi connectivity index (χ3v) is 4.18. The summed E-state index contributed by atoms with van der Waals surface area (Å²) in [5.41, 5.74) is 1.07. The molecule has 0 unspecified atom stereocenters. The maximum atomic E-state index is 10.4. The van der Waals surface area contributed by atoms with E-state index in [2.05, 4.69) is 4.90 Å². The van der Waals surface area contributed by atoms with Gasteiger partial charge in [0.15, 0.2) is 0 Å². The van der Waals surface area contributed by atoms with E-state index in [0.29, 0.717) is 37.0 Å². The topological polar surface area (TPSA) is 51.2 Å². The van der Waals surface area contributed by atoms with Gasteiger partial charge < -0.3 is 19.3 Å². The van der Waals surface area contributed by atoms with Gasteiger partial charge in [-0.05, 0) is 30.3 Å². The zero-order chi connectivity index (χ0) is 18.8. The molecule has 0 aromatic heterocycles. The molecule has 0 aliphatic rings. The number of rotatable bonds is 11. The number of nitrogens with zero attached hydrogens (tertiary/aromatic N) is 1. The summed E-state index contributed by atoms with van der Waals surface area (Å²) in [5, 5.41) is 11.0. The fraction of sp³-hybridized carbons (Fsp3) is 0.400. The summed E-state index contributed by atoms with van der Waals surface area (Å²) >= 11 is 5.86. The number of aliphatic hydroxyl groups excluding tert-OH is 1. The zero-order valence-corrected chi connectivity index (χ0v) is 16.0. The van der Waals surface area contributed by atoms with Crippen LogP contribution in [0.3, 0.4) is 0 Å². The minimum absolute atomic E-state index is 0.205. The lowest BCUT2D eigenvalue weighted by atomic mass is 10.1. The first-order valence-electron chi connectivity index (χ1n) is 8.52. The second kappa shape index (κ2) is 11.0. The summed E-state index contributed by atoms with van der Waals surface area (Å²) < 4.78 is 16.2. The molecule has 1 N–H and O–H groups in total. The fourth-order valence-corrected chi connectivity index (χ4v) is 2.73. The number of halogens is 1. The number of para-hydroxylation sites is 1.